The van der Waals surface area contributed by atoms with Crippen molar-refractivity contribution in [1.29, 1.82) is 0 Å². The van der Waals surface area contributed by atoms with Gasteiger partial charge in [-0.25, -0.2) is 0 Å². The summed E-state index contributed by atoms with van der Waals surface area (Å²) in [6.07, 6.45) is 0.535. The van der Waals surface area contributed by atoms with E-state index in [1.165, 1.54) is 0 Å². The van der Waals surface area contributed by atoms with Gasteiger partial charge < -0.3 is 14.8 Å². The summed E-state index contributed by atoms with van der Waals surface area (Å²) in [7, 11) is 1.64. The van der Waals surface area contributed by atoms with Gasteiger partial charge in [-0.2, -0.15) is 0 Å². The minimum absolute atomic E-state index is 0.0820. The number of ether oxygens (including phenoxy) is 2. The highest BCUT2D eigenvalue weighted by atomic mass is 16.5. The Bertz CT molecular complexity index is 238. The number of carbonyl (C=O) groups is 1. The summed E-state index contributed by atoms with van der Waals surface area (Å²) in [6, 6.07) is 0. The lowest BCUT2D eigenvalue weighted by atomic mass is 10.1. The highest BCUT2D eigenvalue weighted by molar-refractivity contribution is 5.76. The number of hydrogen-bond donors (Lipinski definition) is 1. The van der Waals surface area contributed by atoms with Gasteiger partial charge in [-0.05, 0) is 13.8 Å². The molecule has 17 heavy (non-hydrogen) atoms. The van der Waals surface area contributed by atoms with Crippen LogP contribution in [0, 0.1) is 0 Å². The Hall–Kier alpha value is -0.650. The summed E-state index contributed by atoms with van der Waals surface area (Å²) in [4.78, 5) is 14.0. The second-order valence-electron chi connectivity index (χ2n) is 5.07. The molecule has 5 nitrogen and oxygen atoms in total. The molecule has 0 atom stereocenters. The van der Waals surface area contributed by atoms with Gasteiger partial charge in [0.15, 0.2) is 0 Å². The minimum atomic E-state index is -0.295. The van der Waals surface area contributed by atoms with Gasteiger partial charge in [-0.3, -0.25) is 9.69 Å². The van der Waals surface area contributed by atoms with Gasteiger partial charge in [0.2, 0.25) is 5.91 Å². The average Bonchev–Trinajstić information content (AvgIpc) is 2.27. The number of carbonyl (C=O) groups excluding carboxylic acids is 1. The second kappa shape index (κ2) is 6.93. The van der Waals surface area contributed by atoms with E-state index in [0.717, 1.165) is 32.8 Å². The molecule has 1 rings (SSSR count). The van der Waals surface area contributed by atoms with Crippen molar-refractivity contribution < 1.29 is 14.3 Å². The number of hydrogen-bond acceptors (Lipinski definition) is 4. The first kappa shape index (κ1) is 14.4. The molecule has 0 saturated carbocycles. The first-order chi connectivity index (χ1) is 8.03. The fourth-order valence-electron chi connectivity index (χ4n) is 1.92. The van der Waals surface area contributed by atoms with Crippen LogP contribution in [-0.2, 0) is 14.3 Å². The summed E-state index contributed by atoms with van der Waals surface area (Å²) in [5.74, 6) is 0.0820. The van der Waals surface area contributed by atoms with E-state index in [1.807, 2.05) is 13.8 Å². The third-order valence-corrected chi connectivity index (χ3v) is 2.74. The van der Waals surface area contributed by atoms with Crippen LogP contribution in [0.3, 0.4) is 0 Å². The standard InChI is InChI=1S/C12H24N2O3/c1-12(2,10-16-3)13-11(15)4-5-14-6-8-17-9-7-14/h4-10H2,1-3H3,(H,13,15). The molecule has 1 saturated heterocycles. The normalized spacial score (nSPS) is 18.1. The van der Waals surface area contributed by atoms with Crippen molar-refractivity contribution in [3.63, 3.8) is 0 Å². The monoisotopic (exact) mass is 244 g/mol. The topological polar surface area (TPSA) is 50.8 Å². The number of morpholine rings is 1. The lowest BCUT2D eigenvalue weighted by Crippen LogP contribution is -2.48. The van der Waals surface area contributed by atoms with Crippen LogP contribution in [0.15, 0.2) is 0 Å². The van der Waals surface area contributed by atoms with Gasteiger partial charge in [-0.1, -0.05) is 0 Å². The lowest BCUT2D eigenvalue weighted by Gasteiger charge is -2.28. The van der Waals surface area contributed by atoms with Crippen molar-refractivity contribution in [3.8, 4) is 0 Å². The number of methoxy groups -OCH3 is 1. The molecule has 0 aromatic carbocycles. The minimum Gasteiger partial charge on any atom is -0.382 e. The Balaban J connectivity index is 2.20. The largest absolute Gasteiger partial charge is 0.382 e. The number of rotatable bonds is 6. The zero-order valence-electron chi connectivity index (χ0n) is 11.1. The molecule has 0 aromatic heterocycles. The predicted octanol–water partition coefficient (Wildman–Crippen LogP) is 0.250. The highest BCUT2D eigenvalue weighted by Crippen LogP contribution is 2.03. The van der Waals surface area contributed by atoms with Gasteiger partial charge in [0.1, 0.15) is 0 Å². The van der Waals surface area contributed by atoms with Crippen LogP contribution in [0.1, 0.15) is 20.3 Å². The van der Waals surface area contributed by atoms with Gasteiger partial charge >= 0.3 is 0 Å². The fraction of sp³-hybridized carbons (Fsp3) is 0.917. The van der Waals surface area contributed by atoms with Gasteiger partial charge in [0, 0.05) is 33.2 Å². The maximum absolute atomic E-state index is 11.8. The molecule has 0 radical (unpaired) electrons. The summed E-state index contributed by atoms with van der Waals surface area (Å²) in [5, 5.41) is 2.97. The fourth-order valence-corrected chi connectivity index (χ4v) is 1.92. The van der Waals surface area contributed by atoms with E-state index in [4.69, 9.17) is 9.47 Å². The zero-order valence-corrected chi connectivity index (χ0v) is 11.1. The van der Waals surface area contributed by atoms with Crippen molar-refractivity contribution >= 4 is 5.91 Å². The molecule has 0 bridgehead atoms. The zero-order chi connectivity index (χ0) is 12.7. The maximum atomic E-state index is 11.8. The van der Waals surface area contributed by atoms with Crippen LogP contribution in [0.5, 0.6) is 0 Å². The molecule has 0 unspecified atom stereocenters. The van der Waals surface area contributed by atoms with E-state index in [-0.39, 0.29) is 11.4 Å². The van der Waals surface area contributed by atoms with Crippen molar-refractivity contribution in [2.45, 2.75) is 25.8 Å². The van der Waals surface area contributed by atoms with Crippen LogP contribution in [-0.4, -0.2) is 62.9 Å². The van der Waals surface area contributed by atoms with E-state index in [1.54, 1.807) is 7.11 Å². The summed E-state index contributed by atoms with van der Waals surface area (Å²) in [6.45, 7) is 8.65. The lowest BCUT2D eigenvalue weighted by molar-refractivity contribution is -0.123. The third-order valence-electron chi connectivity index (χ3n) is 2.74. The summed E-state index contributed by atoms with van der Waals surface area (Å²) < 4.78 is 10.3. The molecular weight excluding hydrogens is 220 g/mol. The molecule has 0 spiro atoms. The van der Waals surface area contributed by atoms with Gasteiger partial charge in [-0.15, -0.1) is 0 Å². The number of nitrogens with one attached hydrogen (secondary N) is 1. The Kier molecular flexibility index (Phi) is 5.88. The van der Waals surface area contributed by atoms with E-state index in [0.29, 0.717) is 13.0 Å². The van der Waals surface area contributed by atoms with Crippen LogP contribution in [0.25, 0.3) is 0 Å². The Morgan fingerprint density at radius 2 is 2.06 bits per heavy atom. The van der Waals surface area contributed by atoms with Crippen molar-refractivity contribution in [3.05, 3.63) is 0 Å². The van der Waals surface area contributed by atoms with Crippen molar-refractivity contribution in [1.82, 2.24) is 10.2 Å². The highest BCUT2D eigenvalue weighted by Gasteiger charge is 2.20. The van der Waals surface area contributed by atoms with Gasteiger partial charge in [0.05, 0.1) is 25.4 Å². The van der Waals surface area contributed by atoms with E-state index in [2.05, 4.69) is 10.2 Å². The molecule has 0 aromatic rings. The Morgan fingerprint density at radius 1 is 1.41 bits per heavy atom. The molecule has 1 amide bonds. The van der Waals surface area contributed by atoms with Crippen LogP contribution < -0.4 is 5.32 Å². The molecule has 1 N–H and O–H groups in total. The maximum Gasteiger partial charge on any atom is 0.221 e. The summed E-state index contributed by atoms with van der Waals surface area (Å²) in [5.41, 5.74) is -0.295. The number of amides is 1. The average molecular weight is 244 g/mol. The molecule has 1 fully saturated rings. The van der Waals surface area contributed by atoms with E-state index in [9.17, 15) is 4.79 Å². The molecule has 1 aliphatic rings. The molecule has 100 valence electrons. The van der Waals surface area contributed by atoms with Crippen molar-refractivity contribution in [2.24, 2.45) is 0 Å². The molecule has 5 heteroatoms. The number of nitrogens with zero attached hydrogens (tertiary/aromatic N) is 1. The van der Waals surface area contributed by atoms with E-state index < -0.39 is 0 Å². The van der Waals surface area contributed by atoms with Gasteiger partial charge in [0.25, 0.3) is 0 Å². The van der Waals surface area contributed by atoms with E-state index >= 15 is 0 Å². The molecule has 1 aliphatic heterocycles. The first-order valence-corrected chi connectivity index (χ1v) is 6.13. The molecule has 1 heterocycles. The van der Waals surface area contributed by atoms with Crippen LogP contribution >= 0.6 is 0 Å². The molecular formula is C12H24N2O3. The van der Waals surface area contributed by atoms with Crippen LogP contribution in [0.4, 0.5) is 0 Å². The summed E-state index contributed by atoms with van der Waals surface area (Å²) >= 11 is 0. The second-order valence-corrected chi connectivity index (χ2v) is 5.07. The van der Waals surface area contributed by atoms with Crippen molar-refractivity contribution in [2.75, 3.05) is 46.6 Å². The van der Waals surface area contributed by atoms with Crippen LogP contribution in [0.2, 0.25) is 0 Å². The smallest absolute Gasteiger partial charge is 0.221 e. The molecule has 0 aliphatic carbocycles. The first-order valence-electron chi connectivity index (χ1n) is 6.13. The quantitative estimate of drug-likeness (QED) is 0.727. The Morgan fingerprint density at radius 3 is 2.65 bits per heavy atom. The Labute approximate surface area is 103 Å². The third kappa shape index (κ3) is 6.00. The predicted molar refractivity (Wildman–Crippen MR) is 66.0 cm³/mol. The SMILES string of the molecule is COCC(C)(C)NC(=O)CCN1CCOCC1.